The van der Waals surface area contributed by atoms with Crippen molar-refractivity contribution in [1.82, 2.24) is 10.2 Å². The normalized spacial score (nSPS) is 23.5. The lowest BCUT2D eigenvalue weighted by Gasteiger charge is -2.37. The van der Waals surface area contributed by atoms with Gasteiger partial charge in [-0.1, -0.05) is 6.07 Å². The van der Waals surface area contributed by atoms with Crippen molar-refractivity contribution < 1.29 is 13.6 Å². The molecule has 1 amide bonds. The number of benzene rings is 1. The second-order valence-corrected chi connectivity index (χ2v) is 5.12. The second-order valence-electron chi connectivity index (χ2n) is 5.12. The van der Waals surface area contributed by atoms with E-state index in [0.29, 0.717) is 6.54 Å². The Morgan fingerprint density at radius 1 is 1.42 bits per heavy atom. The number of piperazine rings is 1. The van der Waals surface area contributed by atoms with Crippen molar-refractivity contribution in [1.29, 1.82) is 0 Å². The van der Waals surface area contributed by atoms with E-state index in [1.807, 2.05) is 13.8 Å². The molecule has 0 aliphatic carbocycles. The summed E-state index contributed by atoms with van der Waals surface area (Å²) in [6, 6.07) is 3.64. The van der Waals surface area contributed by atoms with Gasteiger partial charge in [-0.25, -0.2) is 8.78 Å². The van der Waals surface area contributed by atoms with Crippen LogP contribution in [-0.4, -0.2) is 36.0 Å². The number of rotatable bonds is 2. The average Bonchev–Trinajstić information content (AvgIpc) is 2.35. The van der Waals surface area contributed by atoms with Crippen LogP contribution in [0.25, 0.3) is 0 Å². The fourth-order valence-corrected chi connectivity index (χ4v) is 2.30. The lowest BCUT2D eigenvalue weighted by Crippen LogP contribution is -2.56. The SMILES string of the molecule is CC1CN(C(=O)Cc2ccc(F)cc2F)C(C)CN1. The first-order chi connectivity index (χ1) is 8.97. The first kappa shape index (κ1) is 13.9. The van der Waals surface area contributed by atoms with E-state index in [0.717, 1.165) is 12.6 Å². The number of carbonyl (C=O) groups excluding carboxylic acids is 1. The van der Waals surface area contributed by atoms with Crippen molar-refractivity contribution in [2.75, 3.05) is 13.1 Å². The number of nitrogens with one attached hydrogen (secondary N) is 1. The Kier molecular flexibility index (Phi) is 4.14. The number of amides is 1. The molecule has 0 radical (unpaired) electrons. The fraction of sp³-hybridized carbons (Fsp3) is 0.500. The summed E-state index contributed by atoms with van der Waals surface area (Å²) in [4.78, 5) is 14.0. The molecule has 0 spiro atoms. The Bertz CT molecular complexity index is 479. The van der Waals surface area contributed by atoms with Gasteiger partial charge in [0, 0.05) is 31.2 Å². The Labute approximate surface area is 111 Å². The van der Waals surface area contributed by atoms with Gasteiger partial charge in [-0.3, -0.25) is 4.79 Å². The van der Waals surface area contributed by atoms with E-state index >= 15 is 0 Å². The molecule has 3 nitrogen and oxygen atoms in total. The van der Waals surface area contributed by atoms with Crippen LogP contribution in [0.2, 0.25) is 0 Å². The molecular formula is C14H18F2N2O. The molecule has 0 saturated carbocycles. The highest BCUT2D eigenvalue weighted by Crippen LogP contribution is 2.14. The molecule has 1 N–H and O–H groups in total. The van der Waals surface area contributed by atoms with Crippen LogP contribution in [0.3, 0.4) is 0 Å². The maximum atomic E-state index is 13.5. The summed E-state index contributed by atoms with van der Waals surface area (Å²) in [5.74, 6) is -1.41. The zero-order valence-corrected chi connectivity index (χ0v) is 11.1. The molecule has 104 valence electrons. The van der Waals surface area contributed by atoms with Crippen molar-refractivity contribution >= 4 is 5.91 Å². The number of halogens is 2. The molecule has 0 aromatic heterocycles. The predicted molar refractivity (Wildman–Crippen MR) is 68.7 cm³/mol. The van der Waals surface area contributed by atoms with Crippen LogP contribution in [0.5, 0.6) is 0 Å². The third-order valence-electron chi connectivity index (χ3n) is 3.44. The zero-order valence-electron chi connectivity index (χ0n) is 11.1. The van der Waals surface area contributed by atoms with Gasteiger partial charge in [0.15, 0.2) is 0 Å². The summed E-state index contributed by atoms with van der Waals surface area (Å²) >= 11 is 0. The molecule has 1 aromatic rings. The van der Waals surface area contributed by atoms with E-state index in [-0.39, 0.29) is 30.0 Å². The third-order valence-corrected chi connectivity index (χ3v) is 3.44. The van der Waals surface area contributed by atoms with E-state index in [1.54, 1.807) is 4.90 Å². The quantitative estimate of drug-likeness (QED) is 0.885. The van der Waals surface area contributed by atoms with Crippen molar-refractivity contribution in [2.45, 2.75) is 32.4 Å². The number of hydrogen-bond acceptors (Lipinski definition) is 2. The molecule has 0 bridgehead atoms. The van der Waals surface area contributed by atoms with E-state index in [4.69, 9.17) is 0 Å². The Balaban J connectivity index is 2.07. The molecule has 1 fully saturated rings. The van der Waals surface area contributed by atoms with Gasteiger partial charge < -0.3 is 10.2 Å². The molecule has 2 unspecified atom stereocenters. The van der Waals surface area contributed by atoms with Gasteiger partial charge in [-0.15, -0.1) is 0 Å². The molecule has 2 rings (SSSR count). The molecule has 1 aliphatic heterocycles. The molecule has 1 aliphatic rings. The van der Waals surface area contributed by atoms with Crippen molar-refractivity contribution in [3.05, 3.63) is 35.4 Å². The molecule has 1 saturated heterocycles. The smallest absolute Gasteiger partial charge is 0.227 e. The van der Waals surface area contributed by atoms with Crippen LogP contribution in [-0.2, 0) is 11.2 Å². The van der Waals surface area contributed by atoms with Crippen LogP contribution in [0.1, 0.15) is 19.4 Å². The number of hydrogen-bond donors (Lipinski definition) is 1. The highest BCUT2D eigenvalue weighted by atomic mass is 19.1. The molecule has 1 heterocycles. The monoisotopic (exact) mass is 268 g/mol. The summed E-state index contributed by atoms with van der Waals surface area (Å²) in [5.41, 5.74) is 0.241. The van der Waals surface area contributed by atoms with Crippen molar-refractivity contribution in [2.24, 2.45) is 0 Å². The minimum Gasteiger partial charge on any atom is -0.337 e. The third kappa shape index (κ3) is 3.29. The minimum atomic E-state index is -0.663. The minimum absolute atomic E-state index is 0.0246. The van der Waals surface area contributed by atoms with Crippen LogP contribution in [0.15, 0.2) is 18.2 Å². The van der Waals surface area contributed by atoms with Crippen LogP contribution in [0, 0.1) is 11.6 Å². The zero-order chi connectivity index (χ0) is 14.0. The summed E-state index contributed by atoms with van der Waals surface area (Å²) in [7, 11) is 0. The highest BCUT2D eigenvalue weighted by Gasteiger charge is 2.26. The van der Waals surface area contributed by atoms with Gasteiger partial charge in [0.05, 0.1) is 6.42 Å². The van der Waals surface area contributed by atoms with Gasteiger partial charge in [0.2, 0.25) is 5.91 Å². The van der Waals surface area contributed by atoms with Gasteiger partial charge in [0.1, 0.15) is 11.6 Å². The molecule has 1 aromatic carbocycles. The Morgan fingerprint density at radius 2 is 2.16 bits per heavy atom. The number of nitrogens with zero attached hydrogens (tertiary/aromatic N) is 1. The summed E-state index contributed by atoms with van der Waals surface area (Å²) < 4.78 is 26.3. The van der Waals surface area contributed by atoms with Crippen molar-refractivity contribution in [3.8, 4) is 0 Å². The first-order valence-corrected chi connectivity index (χ1v) is 6.44. The van der Waals surface area contributed by atoms with E-state index in [1.165, 1.54) is 12.1 Å². The van der Waals surface area contributed by atoms with Crippen LogP contribution >= 0.6 is 0 Å². The second kappa shape index (κ2) is 5.65. The maximum absolute atomic E-state index is 13.5. The Hall–Kier alpha value is -1.49. The van der Waals surface area contributed by atoms with Gasteiger partial charge in [-0.2, -0.15) is 0 Å². The average molecular weight is 268 g/mol. The van der Waals surface area contributed by atoms with E-state index in [9.17, 15) is 13.6 Å². The standard InChI is InChI=1S/C14H18F2N2O/c1-9-8-18(10(2)7-17-9)14(19)5-11-3-4-12(15)6-13(11)16/h3-4,6,9-10,17H,5,7-8H2,1-2H3. The summed E-state index contributed by atoms with van der Waals surface area (Å²) in [5, 5.41) is 3.28. The maximum Gasteiger partial charge on any atom is 0.227 e. The van der Waals surface area contributed by atoms with Crippen LogP contribution < -0.4 is 5.32 Å². The fourth-order valence-electron chi connectivity index (χ4n) is 2.30. The Morgan fingerprint density at radius 3 is 2.84 bits per heavy atom. The van der Waals surface area contributed by atoms with Gasteiger partial charge >= 0.3 is 0 Å². The van der Waals surface area contributed by atoms with Gasteiger partial charge in [0.25, 0.3) is 0 Å². The summed E-state index contributed by atoms with van der Waals surface area (Å²) in [6.45, 7) is 5.31. The topological polar surface area (TPSA) is 32.3 Å². The lowest BCUT2D eigenvalue weighted by atomic mass is 10.1. The molecular weight excluding hydrogens is 250 g/mol. The van der Waals surface area contributed by atoms with E-state index in [2.05, 4.69) is 5.32 Å². The molecule has 2 atom stereocenters. The summed E-state index contributed by atoms with van der Waals surface area (Å²) in [6.07, 6.45) is -0.0246. The van der Waals surface area contributed by atoms with Crippen LogP contribution in [0.4, 0.5) is 8.78 Å². The number of carbonyl (C=O) groups is 1. The van der Waals surface area contributed by atoms with Gasteiger partial charge in [-0.05, 0) is 25.5 Å². The first-order valence-electron chi connectivity index (χ1n) is 6.44. The largest absolute Gasteiger partial charge is 0.337 e. The highest BCUT2D eigenvalue weighted by molar-refractivity contribution is 5.79. The molecule has 5 heteroatoms. The lowest BCUT2D eigenvalue weighted by molar-refractivity contribution is -0.133. The van der Waals surface area contributed by atoms with E-state index < -0.39 is 11.6 Å². The molecule has 19 heavy (non-hydrogen) atoms. The predicted octanol–water partition coefficient (Wildman–Crippen LogP) is 1.72. The van der Waals surface area contributed by atoms with Crippen molar-refractivity contribution in [3.63, 3.8) is 0 Å².